The predicted molar refractivity (Wildman–Crippen MR) is 66.1 cm³/mol. The van der Waals surface area contributed by atoms with E-state index < -0.39 is 12.0 Å². The van der Waals surface area contributed by atoms with Gasteiger partial charge >= 0.3 is 5.97 Å². The highest BCUT2D eigenvalue weighted by molar-refractivity contribution is 5.66. The van der Waals surface area contributed by atoms with E-state index in [1.165, 1.54) is 0 Å². The van der Waals surface area contributed by atoms with Crippen LogP contribution in [0.3, 0.4) is 0 Å². The first-order valence-electron chi connectivity index (χ1n) is 5.57. The Hall–Kier alpha value is -2.06. The number of nitriles is 1. The Morgan fingerprint density at radius 2 is 2.22 bits per heavy atom. The Morgan fingerprint density at radius 1 is 1.56 bits per heavy atom. The van der Waals surface area contributed by atoms with Gasteiger partial charge in [0.25, 0.3) is 0 Å². The fourth-order valence-corrected chi connectivity index (χ4v) is 1.70. The SMILES string of the molecule is Cc1ccc(O)c(C(C#N)N(C)CCC(=O)O)c1. The topological polar surface area (TPSA) is 84.6 Å². The molecule has 1 rings (SSSR count). The van der Waals surface area contributed by atoms with E-state index in [0.717, 1.165) is 5.56 Å². The maximum atomic E-state index is 10.5. The summed E-state index contributed by atoms with van der Waals surface area (Å²) in [7, 11) is 1.67. The van der Waals surface area contributed by atoms with Crippen LogP contribution in [0.25, 0.3) is 0 Å². The van der Waals surface area contributed by atoms with E-state index in [9.17, 15) is 15.2 Å². The van der Waals surface area contributed by atoms with E-state index in [4.69, 9.17) is 5.11 Å². The highest BCUT2D eigenvalue weighted by atomic mass is 16.4. The van der Waals surface area contributed by atoms with Crippen molar-refractivity contribution in [3.8, 4) is 11.8 Å². The number of phenolic OH excluding ortho intramolecular Hbond substituents is 1. The predicted octanol–water partition coefficient (Wildman–Crippen LogP) is 1.67. The van der Waals surface area contributed by atoms with Crippen molar-refractivity contribution in [3.05, 3.63) is 29.3 Å². The van der Waals surface area contributed by atoms with E-state index in [0.29, 0.717) is 5.56 Å². The molecule has 5 nitrogen and oxygen atoms in total. The van der Waals surface area contributed by atoms with Crippen LogP contribution in [0, 0.1) is 18.3 Å². The number of benzene rings is 1. The molecule has 0 radical (unpaired) electrons. The number of hydrogen-bond acceptors (Lipinski definition) is 4. The summed E-state index contributed by atoms with van der Waals surface area (Å²) in [4.78, 5) is 12.1. The first-order valence-corrected chi connectivity index (χ1v) is 5.57. The second-order valence-corrected chi connectivity index (χ2v) is 4.22. The molecule has 0 amide bonds. The second kappa shape index (κ2) is 6.03. The maximum Gasteiger partial charge on any atom is 0.304 e. The molecule has 0 fully saturated rings. The van der Waals surface area contributed by atoms with Crippen LogP contribution in [0.1, 0.15) is 23.6 Å². The zero-order valence-corrected chi connectivity index (χ0v) is 10.4. The highest BCUT2D eigenvalue weighted by Gasteiger charge is 2.20. The molecule has 0 aromatic heterocycles. The van der Waals surface area contributed by atoms with E-state index in [2.05, 4.69) is 6.07 Å². The van der Waals surface area contributed by atoms with Gasteiger partial charge in [0.05, 0.1) is 12.5 Å². The molecule has 1 aromatic rings. The molecular formula is C13H16N2O3. The number of aliphatic carboxylic acids is 1. The van der Waals surface area contributed by atoms with Crippen molar-refractivity contribution in [2.75, 3.05) is 13.6 Å². The molecule has 0 saturated heterocycles. The summed E-state index contributed by atoms with van der Waals surface area (Å²) in [6.45, 7) is 2.12. The third kappa shape index (κ3) is 3.47. The molecule has 1 aromatic carbocycles. The van der Waals surface area contributed by atoms with E-state index in [1.54, 1.807) is 30.1 Å². The minimum Gasteiger partial charge on any atom is -0.508 e. The van der Waals surface area contributed by atoms with E-state index in [-0.39, 0.29) is 18.7 Å². The monoisotopic (exact) mass is 248 g/mol. The molecule has 0 saturated carbocycles. The first kappa shape index (κ1) is 14.0. The molecule has 0 bridgehead atoms. The second-order valence-electron chi connectivity index (χ2n) is 4.22. The number of nitrogens with zero attached hydrogens (tertiary/aromatic N) is 2. The van der Waals surface area contributed by atoms with Crippen LogP contribution in [0.15, 0.2) is 18.2 Å². The molecule has 0 aliphatic heterocycles. The van der Waals surface area contributed by atoms with Crippen LogP contribution in [0.5, 0.6) is 5.75 Å². The third-order valence-corrected chi connectivity index (χ3v) is 2.72. The van der Waals surface area contributed by atoms with Gasteiger partial charge in [0.15, 0.2) is 0 Å². The van der Waals surface area contributed by atoms with Gasteiger partial charge in [-0.25, -0.2) is 0 Å². The van der Waals surface area contributed by atoms with Crippen LogP contribution in [-0.4, -0.2) is 34.7 Å². The Kier molecular flexibility index (Phi) is 4.69. The summed E-state index contributed by atoms with van der Waals surface area (Å²) in [5, 5.41) is 27.6. The minimum absolute atomic E-state index is 0.0404. The van der Waals surface area contributed by atoms with Crippen molar-refractivity contribution >= 4 is 5.97 Å². The summed E-state index contributed by atoms with van der Waals surface area (Å²) < 4.78 is 0. The van der Waals surface area contributed by atoms with Gasteiger partial charge in [-0.05, 0) is 26.1 Å². The van der Waals surface area contributed by atoms with Crippen molar-refractivity contribution in [2.24, 2.45) is 0 Å². The van der Waals surface area contributed by atoms with Gasteiger partial charge in [0.1, 0.15) is 11.8 Å². The molecule has 5 heteroatoms. The van der Waals surface area contributed by atoms with Crippen molar-refractivity contribution < 1.29 is 15.0 Å². The van der Waals surface area contributed by atoms with Gasteiger partial charge < -0.3 is 10.2 Å². The van der Waals surface area contributed by atoms with Crippen LogP contribution in [0.4, 0.5) is 0 Å². The molecule has 2 N–H and O–H groups in total. The lowest BCUT2D eigenvalue weighted by Crippen LogP contribution is -2.26. The lowest BCUT2D eigenvalue weighted by atomic mass is 10.0. The normalized spacial score (nSPS) is 12.1. The van der Waals surface area contributed by atoms with Gasteiger partial charge in [-0.15, -0.1) is 0 Å². The molecule has 96 valence electrons. The molecule has 0 aliphatic carbocycles. The zero-order valence-electron chi connectivity index (χ0n) is 10.4. The number of carboxylic acids is 1. The zero-order chi connectivity index (χ0) is 13.7. The lowest BCUT2D eigenvalue weighted by molar-refractivity contribution is -0.137. The molecule has 18 heavy (non-hydrogen) atoms. The average Bonchev–Trinajstić information content (AvgIpc) is 2.32. The summed E-state index contributed by atoms with van der Waals surface area (Å²) in [5.74, 6) is -0.860. The number of hydrogen-bond donors (Lipinski definition) is 2. The van der Waals surface area contributed by atoms with Crippen LogP contribution in [0.2, 0.25) is 0 Å². The quantitative estimate of drug-likeness (QED) is 0.828. The third-order valence-electron chi connectivity index (χ3n) is 2.72. The number of aryl methyl sites for hydroxylation is 1. The molecule has 1 atom stereocenters. The number of aromatic hydroxyl groups is 1. The van der Waals surface area contributed by atoms with E-state index >= 15 is 0 Å². The van der Waals surface area contributed by atoms with Crippen LogP contribution < -0.4 is 0 Å². The average molecular weight is 248 g/mol. The van der Waals surface area contributed by atoms with Gasteiger partial charge in [0, 0.05) is 12.1 Å². The Labute approximate surface area is 106 Å². The van der Waals surface area contributed by atoms with Gasteiger partial charge in [-0.3, -0.25) is 9.69 Å². The Bertz CT molecular complexity index is 480. The Balaban J connectivity index is 2.92. The number of rotatable bonds is 5. The molecular weight excluding hydrogens is 232 g/mol. The van der Waals surface area contributed by atoms with Crippen LogP contribution in [-0.2, 0) is 4.79 Å². The minimum atomic E-state index is -0.910. The lowest BCUT2D eigenvalue weighted by Gasteiger charge is -2.22. The largest absolute Gasteiger partial charge is 0.508 e. The van der Waals surface area contributed by atoms with E-state index in [1.807, 2.05) is 6.92 Å². The van der Waals surface area contributed by atoms with Crippen molar-refractivity contribution in [2.45, 2.75) is 19.4 Å². The molecule has 1 unspecified atom stereocenters. The van der Waals surface area contributed by atoms with Gasteiger partial charge in [-0.1, -0.05) is 11.6 Å². The van der Waals surface area contributed by atoms with Crippen LogP contribution >= 0.6 is 0 Å². The fraction of sp³-hybridized carbons (Fsp3) is 0.385. The number of carboxylic acid groups (broad SMARTS) is 1. The number of carbonyl (C=O) groups is 1. The highest BCUT2D eigenvalue weighted by Crippen LogP contribution is 2.28. The summed E-state index contributed by atoms with van der Waals surface area (Å²) in [5.41, 5.74) is 1.44. The summed E-state index contributed by atoms with van der Waals surface area (Å²) in [6.07, 6.45) is -0.0404. The number of phenols is 1. The molecule has 0 heterocycles. The Morgan fingerprint density at radius 3 is 2.78 bits per heavy atom. The van der Waals surface area contributed by atoms with Crippen molar-refractivity contribution in [1.82, 2.24) is 4.90 Å². The van der Waals surface area contributed by atoms with Gasteiger partial charge in [-0.2, -0.15) is 5.26 Å². The molecule has 0 spiro atoms. The standard InChI is InChI=1S/C13H16N2O3/c1-9-3-4-12(16)10(7-9)11(8-14)15(2)6-5-13(17)18/h3-4,7,11,16H,5-6H2,1-2H3,(H,17,18). The van der Waals surface area contributed by atoms with Crippen molar-refractivity contribution in [1.29, 1.82) is 5.26 Å². The fourth-order valence-electron chi connectivity index (χ4n) is 1.70. The smallest absolute Gasteiger partial charge is 0.304 e. The first-order chi connectivity index (χ1) is 8.45. The summed E-state index contributed by atoms with van der Waals surface area (Å²) >= 11 is 0. The maximum absolute atomic E-state index is 10.5. The summed E-state index contributed by atoms with van der Waals surface area (Å²) in [6, 6.07) is 6.47. The molecule has 0 aliphatic rings. The van der Waals surface area contributed by atoms with Gasteiger partial charge in [0.2, 0.25) is 0 Å². The van der Waals surface area contributed by atoms with Crippen molar-refractivity contribution in [3.63, 3.8) is 0 Å².